The molecular formula is C20H24ClN5O4S. The van der Waals surface area contributed by atoms with Crippen LogP contribution >= 0.6 is 23.1 Å². The third kappa shape index (κ3) is 5.15. The highest BCUT2D eigenvalue weighted by Gasteiger charge is 2.34. The van der Waals surface area contributed by atoms with Crippen molar-refractivity contribution >= 4 is 52.2 Å². The van der Waals surface area contributed by atoms with E-state index >= 15 is 0 Å². The molecule has 0 aliphatic carbocycles. The van der Waals surface area contributed by atoms with Gasteiger partial charge in [0.05, 0.1) is 11.8 Å². The summed E-state index contributed by atoms with van der Waals surface area (Å²) in [7, 11) is 0. The summed E-state index contributed by atoms with van der Waals surface area (Å²) in [6.45, 7) is 2.85. The molecule has 3 rings (SSSR count). The largest absolute Gasteiger partial charge is 0.395 e. The molecule has 0 radical (unpaired) electrons. The Morgan fingerprint density at radius 3 is 2.61 bits per heavy atom. The fourth-order valence-electron chi connectivity index (χ4n) is 3.40. The molecule has 2 atom stereocenters. The normalized spacial score (nSPS) is 16.6. The number of nitrogen functional groups attached to an aromatic ring is 1. The summed E-state index contributed by atoms with van der Waals surface area (Å²) < 4.78 is 9.46. The highest BCUT2D eigenvalue weighted by Crippen LogP contribution is 2.29. The second kappa shape index (κ2) is 10.1. The summed E-state index contributed by atoms with van der Waals surface area (Å²) in [5.74, 6) is -1.70. The lowest BCUT2D eigenvalue weighted by atomic mass is 10.1. The van der Waals surface area contributed by atoms with Gasteiger partial charge in [0, 0.05) is 23.9 Å². The van der Waals surface area contributed by atoms with Gasteiger partial charge >= 0.3 is 0 Å². The lowest BCUT2D eigenvalue weighted by Crippen LogP contribution is -2.50. The highest BCUT2D eigenvalue weighted by molar-refractivity contribution is 7.09. The van der Waals surface area contributed by atoms with E-state index in [1.807, 2.05) is 0 Å². The van der Waals surface area contributed by atoms with Gasteiger partial charge in [-0.25, -0.2) is 0 Å². The molecule has 0 unspecified atom stereocenters. The van der Waals surface area contributed by atoms with E-state index in [1.165, 1.54) is 4.90 Å². The Labute approximate surface area is 188 Å². The van der Waals surface area contributed by atoms with Gasteiger partial charge in [0.15, 0.2) is 5.69 Å². The minimum Gasteiger partial charge on any atom is -0.395 e. The number of nitrogens with two attached hydrogens (primary N) is 2. The zero-order chi connectivity index (χ0) is 22.5. The number of primary amides is 1. The number of rotatable bonds is 8. The monoisotopic (exact) mass is 465 g/mol. The van der Waals surface area contributed by atoms with Gasteiger partial charge in [0.1, 0.15) is 10.9 Å². The number of ether oxygens (including phenoxy) is 1. The molecule has 9 nitrogen and oxygen atoms in total. The van der Waals surface area contributed by atoms with Gasteiger partial charge in [-0.3, -0.25) is 19.3 Å². The van der Waals surface area contributed by atoms with Gasteiger partial charge in [0.2, 0.25) is 5.91 Å². The number of amides is 3. The molecule has 11 heteroatoms. The van der Waals surface area contributed by atoms with E-state index in [0.29, 0.717) is 30.3 Å². The fraction of sp³-hybridized carbons (Fsp3) is 0.400. The van der Waals surface area contributed by atoms with E-state index in [1.54, 1.807) is 31.2 Å². The standard InChI is InChI=1S/C20H24ClN5O4S/c1-2-14(19(28)24-10-13-4-3-9-30-13)26(12-7-5-11(21)6-8-12)20(29)17-15(22)16(18(23)27)25-31-17/h5-8,13-14H,2-4,9-10,22H2,1H3,(H2,23,27)(H,24,28)/t13-,14-/m1/s1. The van der Waals surface area contributed by atoms with E-state index in [0.717, 1.165) is 24.4 Å². The molecule has 1 aromatic heterocycles. The van der Waals surface area contributed by atoms with E-state index in [2.05, 4.69) is 9.69 Å². The van der Waals surface area contributed by atoms with Crippen molar-refractivity contribution in [1.82, 2.24) is 9.69 Å². The van der Waals surface area contributed by atoms with Crippen LogP contribution in [0.1, 0.15) is 46.3 Å². The van der Waals surface area contributed by atoms with Crippen LogP contribution in [-0.4, -0.2) is 47.4 Å². The van der Waals surface area contributed by atoms with Crippen molar-refractivity contribution in [3.63, 3.8) is 0 Å². The summed E-state index contributed by atoms with van der Waals surface area (Å²) in [6, 6.07) is 5.71. The Hall–Kier alpha value is -2.69. The van der Waals surface area contributed by atoms with Crippen LogP contribution < -0.4 is 21.7 Å². The number of hydrogen-bond donors (Lipinski definition) is 3. The summed E-state index contributed by atoms with van der Waals surface area (Å²) in [5, 5.41) is 3.37. The van der Waals surface area contributed by atoms with Crippen molar-refractivity contribution in [2.24, 2.45) is 5.73 Å². The van der Waals surface area contributed by atoms with E-state index in [-0.39, 0.29) is 28.3 Å². The summed E-state index contributed by atoms with van der Waals surface area (Å²) in [5.41, 5.74) is 11.4. The Balaban J connectivity index is 1.92. The van der Waals surface area contributed by atoms with Crippen molar-refractivity contribution in [2.75, 3.05) is 23.8 Å². The smallest absolute Gasteiger partial charge is 0.272 e. The Bertz CT molecular complexity index is 959. The second-order valence-electron chi connectivity index (χ2n) is 7.09. The van der Waals surface area contributed by atoms with Crippen LogP contribution in [-0.2, 0) is 9.53 Å². The molecule has 3 amide bonds. The van der Waals surface area contributed by atoms with Crippen molar-refractivity contribution in [3.8, 4) is 0 Å². The summed E-state index contributed by atoms with van der Waals surface area (Å²) >= 11 is 6.77. The number of benzene rings is 1. The lowest BCUT2D eigenvalue weighted by Gasteiger charge is -2.30. The molecule has 0 bridgehead atoms. The molecule has 1 saturated heterocycles. The van der Waals surface area contributed by atoms with Crippen LogP contribution in [0.15, 0.2) is 24.3 Å². The topological polar surface area (TPSA) is 141 Å². The zero-order valence-corrected chi connectivity index (χ0v) is 18.5. The first-order valence-corrected chi connectivity index (χ1v) is 11.0. The van der Waals surface area contributed by atoms with Crippen LogP contribution in [0.4, 0.5) is 11.4 Å². The average Bonchev–Trinajstić information content (AvgIpc) is 3.40. The van der Waals surface area contributed by atoms with E-state index in [4.69, 9.17) is 27.8 Å². The lowest BCUT2D eigenvalue weighted by molar-refractivity contribution is -0.122. The molecule has 0 spiro atoms. The molecule has 31 heavy (non-hydrogen) atoms. The molecule has 1 aliphatic rings. The molecule has 1 aliphatic heterocycles. The molecule has 0 saturated carbocycles. The molecule has 2 heterocycles. The van der Waals surface area contributed by atoms with Crippen LogP contribution in [0, 0.1) is 0 Å². The molecular weight excluding hydrogens is 442 g/mol. The Kier molecular flexibility index (Phi) is 7.47. The summed E-state index contributed by atoms with van der Waals surface area (Å²) in [4.78, 5) is 39.4. The number of carbonyl (C=O) groups excluding carboxylic acids is 3. The maximum Gasteiger partial charge on any atom is 0.272 e. The third-order valence-corrected chi connectivity index (χ3v) is 6.11. The third-order valence-electron chi connectivity index (χ3n) is 5.01. The van der Waals surface area contributed by atoms with Crippen LogP contribution in [0.5, 0.6) is 0 Å². The van der Waals surface area contributed by atoms with Gasteiger partial charge in [-0.15, -0.1) is 0 Å². The van der Waals surface area contributed by atoms with Crippen molar-refractivity contribution in [2.45, 2.75) is 38.3 Å². The predicted molar refractivity (Wildman–Crippen MR) is 119 cm³/mol. The van der Waals surface area contributed by atoms with Crippen LogP contribution in [0.2, 0.25) is 5.02 Å². The van der Waals surface area contributed by atoms with Crippen molar-refractivity contribution in [3.05, 3.63) is 39.9 Å². The minimum atomic E-state index is -0.827. The SMILES string of the molecule is CC[C@H](C(=O)NC[C@H]1CCCO1)N(C(=O)c1snc(C(N)=O)c1N)c1ccc(Cl)cc1. The number of aromatic nitrogens is 1. The van der Waals surface area contributed by atoms with Gasteiger partial charge in [0.25, 0.3) is 11.8 Å². The average molecular weight is 466 g/mol. The van der Waals surface area contributed by atoms with Gasteiger partial charge in [-0.1, -0.05) is 18.5 Å². The van der Waals surface area contributed by atoms with Gasteiger partial charge in [-0.2, -0.15) is 4.37 Å². The van der Waals surface area contributed by atoms with Crippen LogP contribution in [0.3, 0.4) is 0 Å². The molecule has 166 valence electrons. The molecule has 2 aromatic rings. The first-order valence-electron chi connectivity index (χ1n) is 9.86. The number of nitrogens with one attached hydrogen (secondary N) is 1. The Morgan fingerprint density at radius 1 is 1.35 bits per heavy atom. The number of anilines is 2. The number of carbonyl (C=O) groups is 3. The number of halogens is 1. The zero-order valence-electron chi connectivity index (χ0n) is 17.0. The van der Waals surface area contributed by atoms with Crippen molar-refractivity contribution < 1.29 is 19.1 Å². The first-order chi connectivity index (χ1) is 14.8. The van der Waals surface area contributed by atoms with Gasteiger partial charge in [-0.05, 0) is 55.1 Å². The first kappa shape index (κ1) is 23.0. The Morgan fingerprint density at radius 2 is 2.06 bits per heavy atom. The minimum absolute atomic E-state index is 0.0311. The van der Waals surface area contributed by atoms with E-state index in [9.17, 15) is 14.4 Å². The highest BCUT2D eigenvalue weighted by atomic mass is 35.5. The van der Waals surface area contributed by atoms with E-state index < -0.39 is 17.9 Å². The molecule has 5 N–H and O–H groups in total. The number of nitrogens with zero attached hydrogens (tertiary/aromatic N) is 2. The second-order valence-corrected chi connectivity index (χ2v) is 8.30. The number of hydrogen-bond acceptors (Lipinski definition) is 7. The quantitative estimate of drug-likeness (QED) is 0.545. The van der Waals surface area contributed by atoms with Gasteiger partial charge < -0.3 is 21.5 Å². The summed E-state index contributed by atoms with van der Waals surface area (Å²) in [6.07, 6.45) is 2.15. The predicted octanol–water partition coefficient (Wildman–Crippen LogP) is 2.20. The fourth-order valence-corrected chi connectivity index (χ4v) is 4.27. The maximum atomic E-state index is 13.5. The molecule has 1 fully saturated rings. The molecule has 1 aromatic carbocycles. The van der Waals surface area contributed by atoms with Crippen molar-refractivity contribution in [1.29, 1.82) is 0 Å². The maximum absolute atomic E-state index is 13.5. The van der Waals surface area contributed by atoms with Crippen LogP contribution in [0.25, 0.3) is 0 Å².